The van der Waals surface area contributed by atoms with Crippen molar-refractivity contribution >= 4 is 14.1 Å². The first-order valence-corrected chi connectivity index (χ1v) is 5.61. The molecule has 0 fully saturated rings. The van der Waals surface area contributed by atoms with Gasteiger partial charge < -0.3 is 25.8 Å². The van der Waals surface area contributed by atoms with Crippen molar-refractivity contribution in [2.45, 2.75) is 26.5 Å². The average molecular weight is 215 g/mol. The Hall–Kier alpha value is -0.0701. The van der Waals surface area contributed by atoms with E-state index in [0.29, 0.717) is 6.54 Å². The Morgan fingerprint density at radius 1 is 1.20 bits per heavy atom. The molecule has 0 aromatic carbocycles. The van der Waals surface area contributed by atoms with Gasteiger partial charge in [-0.3, -0.25) is 0 Å². The Morgan fingerprint density at radius 3 is 2.27 bits per heavy atom. The largest absolute Gasteiger partial charge is 0.437 e. The molecule has 0 radical (unpaired) electrons. The zero-order valence-electron chi connectivity index (χ0n) is 9.82. The SMILES string of the molecule is CB(O)NCCCN(CCCN)B(C)O. The zero-order chi connectivity index (χ0) is 11.7. The van der Waals surface area contributed by atoms with Gasteiger partial charge in [0.1, 0.15) is 0 Å². The monoisotopic (exact) mass is 215 g/mol. The minimum atomic E-state index is -0.464. The number of nitrogens with zero attached hydrogens (tertiary/aromatic N) is 1. The van der Waals surface area contributed by atoms with Crippen molar-refractivity contribution in [1.82, 2.24) is 10.0 Å². The lowest BCUT2D eigenvalue weighted by Crippen LogP contribution is -2.41. The lowest BCUT2D eigenvalue weighted by molar-refractivity contribution is 0.357. The van der Waals surface area contributed by atoms with E-state index in [-0.39, 0.29) is 0 Å². The van der Waals surface area contributed by atoms with Gasteiger partial charge in [0.05, 0.1) is 0 Å². The third-order valence-corrected chi connectivity index (χ3v) is 2.24. The van der Waals surface area contributed by atoms with Crippen molar-refractivity contribution in [1.29, 1.82) is 0 Å². The fourth-order valence-electron chi connectivity index (χ4n) is 1.37. The fourth-order valence-corrected chi connectivity index (χ4v) is 1.37. The van der Waals surface area contributed by atoms with E-state index in [1.165, 1.54) is 0 Å². The molecule has 0 aliphatic carbocycles. The summed E-state index contributed by atoms with van der Waals surface area (Å²) in [6.45, 7) is 6.50. The lowest BCUT2D eigenvalue weighted by atomic mass is 9.84. The molecule has 0 aliphatic heterocycles. The van der Waals surface area contributed by atoms with Gasteiger partial charge >= 0.3 is 14.1 Å². The highest BCUT2D eigenvalue weighted by Crippen LogP contribution is 1.96. The molecule has 15 heavy (non-hydrogen) atoms. The first-order valence-electron chi connectivity index (χ1n) is 5.61. The average Bonchev–Trinajstić information content (AvgIpc) is 2.15. The number of nitrogens with two attached hydrogens (primary N) is 1. The quantitative estimate of drug-likeness (QED) is 0.288. The Morgan fingerprint density at radius 2 is 1.80 bits per heavy atom. The number of hydrogen-bond acceptors (Lipinski definition) is 5. The van der Waals surface area contributed by atoms with Gasteiger partial charge in [0.15, 0.2) is 0 Å². The first kappa shape index (κ1) is 14.9. The molecule has 0 spiro atoms. The van der Waals surface area contributed by atoms with E-state index in [9.17, 15) is 5.02 Å². The maximum atomic E-state index is 9.46. The van der Waals surface area contributed by atoms with E-state index in [2.05, 4.69) is 5.23 Å². The van der Waals surface area contributed by atoms with Crippen LogP contribution in [0.5, 0.6) is 0 Å². The van der Waals surface area contributed by atoms with E-state index in [1.54, 1.807) is 13.6 Å². The predicted octanol–water partition coefficient (Wildman–Crippen LogP) is -1.16. The van der Waals surface area contributed by atoms with Crippen molar-refractivity contribution in [3.8, 4) is 0 Å². The van der Waals surface area contributed by atoms with Crippen LogP contribution in [0.4, 0.5) is 0 Å². The summed E-state index contributed by atoms with van der Waals surface area (Å²) in [6.07, 6.45) is 1.80. The molecule has 0 heterocycles. The summed E-state index contributed by atoms with van der Waals surface area (Å²) in [7, 11) is -0.892. The van der Waals surface area contributed by atoms with Gasteiger partial charge in [-0.15, -0.1) is 0 Å². The van der Waals surface area contributed by atoms with Gasteiger partial charge in [0.25, 0.3) is 0 Å². The van der Waals surface area contributed by atoms with Crippen LogP contribution in [0.25, 0.3) is 0 Å². The summed E-state index contributed by atoms with van der Waals surface area (Å²) >= 11 is 0. The third kappa shape index (κ3) is 8.89. The Kier molecular flexibility index (Phi) is 9.13. The topological polar surface area (TPSA) is 81.8 Å². The van der Waals surface area contributed by atoms with Crippen LogP contribution < -0.4 is 11.0 Å². The van der Waals surface area contributed by atoms with Crippen molar-refractivity contribution in [2.24, 2.45) is 5.73 Å². The summed E-state index contributed by atoms with van der Waals surface area (Å²) in [5.41, 5.74) is 5.42. The van der Waals surface area contributed by atoms with Crippen molar-refractivity contribution in [3.63, 3.8) is 0 Å². The van der Waals surface area contributed by atoms with Crippen molar-refractivity contribution in [3.05, 3.63) is 0 Å². The molecule has 5 N–H and O–H groups in total. The van der Waals surface area contributed by atoms with Crippen LogP contribution in [0.2, 0.25) is 13.6 Å². The molecule has 0 rings (SSSR count). The Balaban J connectivity index is 3.57. The molecule has 5 nitrogen and oxygen atoms in total. The predicted molar refractivity (Wildman–Crippen MR) is 65.5 cm³/mol. The van der Waals surface area contributed by atoms with Gasteiger partial charge in [0.2, 0.25) is 0 Å². The first-order chi connectivity index (χ1) is 7.07. The molecule has 0 bridgehead atoms. The normalized spacial score (nSPS) is 10.8. The van der Waals surface area contributed by atoms with Gasteiger partial charge in [-0.1, -0.05) is 0 Å². The Labute approximate surface area is 93.3 Å². The minimum absolute atomic E-state index is 0.428. The molecule has 0 saturated heterocycles. The van der Waals surface area contributed by atoms with Crippen LogP contribution >= 0.6 is 0 Å². The second-order valence-electron chi connectivity index (χ2n) is 3.79. The molecular weight excluding hydrogens is 192 g/mol. The van der Waals surface area contributed by atoms with E-state index in [0.717, 1.165) is 32.5 Å². The summed E-state index contributed by atoms with van der Waals surface area (Å²) in [4.78, 5) is 1.98. The van der Waals surface area contributed by atoms with E-state index >= 15 is 0 Å². The highest BCUT2D eigenvalue weighted by molar-refractivity contribution is 6.45. The number of nitrogens with one attached hydrogen (secondary N) is 1. The van der Waals surface area contributed by atoms with Crippen molar-refractivity contribution in [2.75, 3.05) is 26.2 Å². The smallest absolute Gasteiger partial charge is 0.376 e. The van der Waals surface area contributed by atoms with Crippen LogP contribution in [0.15, 0.2) is 0 Å². The van der Waals surface area contributed by atoms with Gasteiger partial charge in [-0.2, -0.15) is 0 Å². The van der Waals surface area contributed by atoms with Crippen molar-refractivity contribution < 1.29 is 10.0 Å². The second kappa shape index (κ2) is 9.18. The maximum Gasteiger partial charge on any atom is 0.376 e. The molecule has 0 unspecified atom stereocenters. The number of hydrogen-bond donors (Lipinski definition) is 4. The molecule has 0 aromatic rings. The molecule has 88 valence electrons. The van der Waals surface area contributed by atoms with E-state index in [4.69, 9.17) is 10.8 Å². The van der Waals surface area contributed by atoms with E-state index in [1.807, 2.05) is 4.81 Å². The summed E-state index contributed by atoms with van der Waals surface area (Å²) in [5, 5.41) is 21.4. The Bertz CT molecular complexity index is 150. The molecule has 0 aromatic heterocycles. The molecule has 0 saturated carbocycles. The van der Waals surface area contributed by atoms with Crippen LogP contribution in [0, 0.1) is 0 Å². The zero-order valence-corrected chi connectivity index (χ0v) is 9.82. The standard InChI is InChI=1S/C8H23B2N3O2/c1-9(14)12-6-4-8-13(10(2)15)7-3-5-11/h12,14-15H,3-8,11H2,1-2H3. The van der Waals surface area contributed by atoms with Crippen LogP contribution in [0.1, 0.15) is 12.8 Å². The van der Waals surface area contributed by atoms with Crippen LogP contribution in [-0.2, 0) is 0 Å². The third-order valence-electron chi connectivity index (χ3n) is 2.24. The highest BCUT2D eigenvalue weighted by atomic mass is 16.2. The molecule has 0 amide bonds. The summed E-state index contributed by atoms with van der Waals surface area (Å²) in [5.74, 6) is 0. The summed E-state index contributed by atoms with van der Waals surface area (Å²) in [6, 6.07) is 0. The van der Waals surface area contributed by atoms with Gasteiger partial charge in [-0.05, 0) is 52.7 Å². The highest BCUT2D eigenvalue weighted by Gasteiger charge is 2.14. The fraction of sp³-hybridized carbons (Fsp3) is 1.00. The molecule has 7 heteroatoms. The van der Waals surface area contributed by atoms with Crippen LogP contribution in [-0.4, -0.2) is 55.1 Å². The minimum Gasteiger partial charge on any atom is -0.437 e. The van der Waals surface area contributed by atoms with E-state index < -0.39 is 14.1 Å². The van der Waals surface area contributed by atoms with Gasteiger partial charge in [0, 0.05) is 0 Å². The molecule has 0 aliphatic rings. The second-order valence-corrected chi connectivity index (χ2v) is 3.79. The molecule has 0 atom stereocenters. The summed E-state index contributed by atoms with van der Waals surface area (Å²) < 4.78 is 0. The van der Waals surface area contributed by atoms with Crippen LogP contribution in [0.3, 0.4) is 0 Å². The number of rotatable bonds is 9. The lowest BCUT2D eigenvalue weighted by Gasteiger charge is -2.22. The molecular formula is C8H23B2N3O2. The van der Waals surface area contributed by atoms with Gasteiger partial charge in [-0.25, -0.2) is 0 Å². The maximum absolute atomic E-state index is 9.46.